The quantitative estimate of drug-likeness (QED) is 0.770. The van der Waals surface area contributed by atoms with E-state index in [-0.39, 0.29) is 0 Å². The Morgan fingerprint density at radius 2 is 1.83 bits per heavy atom. The van der Waals surface area contributed by atoms with Crippen LogP contribution in [0.4, 0.5) is 11.4 Å². The number of rotatable bonds is 5. The van der Waals surface area contributed by atoms with Gasteiger partial charge in [0.2, 0.25) is 0 Å². The zero-order valence-electron chi connectivity index (χ0n) is 14.6. The lowest BCUT2D eigenvalue weighted by Gasteiger charge is -2.13. The predicted molar refractivity (Wildman–Crippen MR) is 102 cm³/mol. The minimum atomic E-state index is 0.583. The van der Waals surface area contributed by atoms with Gasteiger partial charge in [-0.2, -0.15) is 5.10 Å². The SMILES string of the molecule is CC[C@H](C)c1ccc(NC(=S)Nc2c(C)nn(CC)c2C)cc1. The van der Waals surface area contributed by atoms with E-state index in [1.165, 1.54) is 5.56 Å². The normalized spacial score (nSPS) is 12.0. The van der Waals surface area contributed by atoms with Crippen molar-refractivity contribution in [3.8, 4) is 0 Å². The van der Waals surface area contributed by atoms with Gasteiger partial charge in [-0.15, -0.1) is 0 Å². The van der Waals surface area contributed by atoms with E-state index in [4.69, 9.17) is 12.2 Å². The molecule has 0 aliphatic rings. The molecule has 2 rings (SSSR count). The molecular weight excluding hydrogens is 304 g/mol. The standard InChI is InChI=1S/C18H26N4S/c1-6-12(3)15-8-10-16(11-9-15)19-18(23)20-17-13(4)21-22(7-2)14(17)5/h8-12H,6-7H2,1-5H3,(H2,19,20,23)/t12-/m0/s1. The van der Waals surface area contributed by atoms with Crippen molar-refractivity contribution in [2.45, 2.75) is 53.5 Å². The molecule has 0 radical (unpaired) electrons. The van der Waals surface area contributed by atoms with E-state index in [9.17, 15) is 0 Å². The van der Waals surface area contributed by atoms with E-state index >= 15 is 0 Å². The molecule has 1 heterocycles. The molecule has 1 atom stereocenters. The average Bonchev–Trinajstić information content (AvgIpc) is 2.82. The Bertz CT molecular complexity index is 673. The summed E-state index contributed by atoms with van der Waals surface area (Å²) in [5, 5.41) is 11.6. The van der Waals surface area contributed by atoms with Crippen LogP contribution in [0.2, 0.25) is 0 Å². The molecule has 0 saturated carbocycles. The number of aryl methyl sites for hydroxylation is 2. The van der Waals surface area contributed by atoms with Gasteiger partial charge < -0.3 is 10.6 Å². The predicted octanol–water partition coefficient (Wildman–Crippen LogP) is 4.84. The maximum atomic E-state index is 5.43. The van der Waals surface area contributed by atoms with Crippen molar-refractivity contribution >= 4 is 28.7 Å². The first-order chi connectivity index (χ1) is 11.0. The van der Waals surface area contributed by atoms with E-state index in [1.54, 1.807) is 0 Å². The van der Waals surface area contributed by atoms with Gasteiger partial charge in [0.25, 0.3) is 0 Å². The molecule has 2 aromatic rings. The summed E-state index contributed by atoms with van der Waals surface area (Å²) in [5.74, 6) is 0.583. The van der Waals surface area contributed by atoms with Crippen molar-refractivity contribution in [1.29, 1.82) is 0 Å². The summed E-state index contributed by atoms with van der Waals surface area (Å²) in [6.07, 6.45) is 1.15. The maximum absolute atomic E-state index is 5.43. The Morgan fingerprint density at radius 1 is 1.17 bits per heavy atom. The summed E-state index contributed by atoms with van der Waals surface area (Å²) in [6, 6.07) is 8.46. The summed E-state index contributed by atoms with van der Waals surface area (Å²) in [4.78, 5) is 0. The van der Waals surface area contributed by atoms with Gasteiger partial charge in [-0.1, -0.05) is 26.0 Å². The van der Waals surface area contributed by atoms with Gasteiger partial charge in [0.05, 0.1) is 17.1 Å². The summed E-state index contributed by atoms with van der Waals surface area (Å²) < 4.78 is 1.97. The molecule has 2 N–H and O–H groups in total. The van der Waals surface area contributed by atoms with Gasteiger partial charge in [0.1, 0.15) is 0 Å². The molecule has 1 aromatic carbocycles. The number of nitrogens with zero attached hydrogens (tertiary/aromatic N) is 2. The topological polar surface area (TPSA) is 41.9 Å². The summed E-state index contributed by atoms with van der Waals surface area (Å²) >= 11 is 5.43. The summed E-state index contributed by atoms with van der Waals surface area (Å²) in [7, 11) is 0. The molecule has 0 unspecified atom stereocenters. The van der Waals surface area contributed by atoms with Gasteiger partial charge in [-0.25, -0.2) is 0 Å². The van der Waals surface area contributed by atoms with Crippen LogP contribution in [0, 0.1) is 13.8 Å². The minimum absolute atomic E-state index is 0.583. The first-order valence-electron chi connectivity index (χ1n) is 8.18. The number of hydrogen-bond donors (Lipinski definition) is 2. The number of hydrogen-bond acceptors (Lipinski definition) is 2. The molecule has 0 bridgehead atoms. The van der Waals surface area contributed by atoms with Crippen molar-refractivity contribution < 1.29 is 0 Å². The van der Waals surface area contributed by atoms with Gasteiger partial charge in [0.15, 0.2) is 5.11 Å². The second-order valence-electron chi connectivity index (χ2n) is 5.87. The molecule has 124 valence electrons. The highest BCUT2D eigenvalue weighted by Crippen LogP contribution is 2.22. The van der Waals surface area contributed by atoms with Crippen LogP contribution >= 0.6 is 12.2 Å². The Labute approximate surface area is 144 Å². The van der Waals surface area contributed by atoms with Gasteiger partial charge in [0, 0.05) is 12.2 Å². The number of anilines is 2. The largest absolute Gasteiger partial charge is 0.332 e. The Morgan fingerprint density at radius 3 is 2.35 bits per heavy atom. The fraction of sp³-hybridized carbons (Fsp3) is 0.444. The lowest BCUT2D eigenvalue weighted by Crippen LogP contribution is -2.20. The van der Waals surface area contributed by atoms with Gasteiger partial charge in [-0.05, 0) is 63.0 Å². The molecule has 1 aromatic heterocycles. The van der Waals surface area contributed by atoms with Crippen molar-refractivity contribution in [3.63, 3.8) is 0 Å². The number of thiocarbonyl (C=S) groups is 1. The lowest BCUT2D eigenvalue weighted by atomic mass is 9.99. The van der Waals surface area contributed by atoms with Crippen LogP contribution in [-0.2, 0) is 6.54 Å². The van der Waals surface area contributed by atoms with E-state index in [2.05, 4.69) is 67.7 Å². The number of aromatic nitrogens is 2. The smallest absolute Gasteiger partial charge is 0.175 e. The van der Waals surface area contributed by atoms with E-state index in [0.717, 1.165) is 35.7 Å². The Kier molecular flexibility index (Phi) is 5.77. The van der Waals surface area contributed by atoms with Crippen LogP contribution in [0.15, 0.2) is 24.3 Å². The number of nitrogens with one attached hydrogen (secondary N) is 2. The molecule has 0 fully saturated rings. The molecule has 4 nitrogen and oxygen atoms in total. The van der Waals surface area contributed by atoms with Crippen LogP contribution in [0.5, 0.6) is 0 Å². The summed E-state index contributed by atoms with van der Waals surface area (Å²) in [5.41, 5.74) is 5.39. The Balaban J connectivity index is 2.04. The third-order valence-electron chi connectivity index (χ3n) is 4.27. The zero-order chi connectivity index (χ0) is 17.0. The van der Waals surface area contributed by atoms with E-state index < -0.39 is 0 Å². The van der Waals surface area contributed by atoms with E-state index in [0.29, 0.717) is 11.0 Å². The second-order valence-corrected chi connectivity index (χ2v) is 6.28. The van der Waals surface area contributed by atoms with Gasteiger partial charge in [-0.3, -0.25) is 4.68 Å². The molecular formula is C18H26N4S. The second kappa shape index (κ2) is 7.59. The molecule has 23 heavy (non-hydrogen) atoms. The molecule has 0 aliphatic heterocycles. The maximum Gasteiger partial charge on any atom is 0.175 e. The highest BCUT2D eigenvalue weighted by atomic mass is 32.1. The van der Waals surface area contributed by atoms with E-state index in [1.807, 2.05) is 11.6 Å². The molecule has 0 saturated heterocycles. The van der Waals surface area contributed by atoms with Crippen molar-refractivity contribution in [2.75, 3.05) is 10.6 Å². The summed E-state index contributed by atoms with van der Waals surface area (Å²) in [6.45, 7) is 11.4. The third-order valence-corrected chi connectivity index (χ3v) is 4.47. The Hall–Kier alpha value is -1.88. The van der Waals surface area contributed by atoms with Crippen LogP contribution in [0.25, 0.3) is 0 Å². The average molecular weight is 331 g/mol. The zero-order valence-corrected chi connectivity index (χ0v) is 15.4. The van der Waals surface area contributed by atoms with Crippen LogP contribution in [0.1, 0.15) is 50.1 Å². The van der Waals surface area contributed by atoms with Crippen molar-refractivity contribution in [3.05, 3.63) is 41.2 Å². The highest BCUT2D eigenvalue weighted by molar-refractivity contribution is 7.80. The monoisotopic (exact) mass is 330 g/mol. The van der Waals surface area contributed by atoms with Crippen LogP contribution < -0.4 is 10.6 Å². The van der Waals surface area contributed by atoms with Crippen LogP contribution in [-0.4, -0.2) is 14.9 Å². The molecule has 0 amide bonds. The molecule has 0 aliphatic carbocycles. The fourth-order valence-corrected chi connectivity index (χ4v) is 2.81. The molecule has 5 heteroatoms. The van der Waals surface area contributed by atoms with Crippen molar-refractivity contribution in [1.82, 2.24) is 9.78 Å². The first-order valence-corrected chi connectivity index (χ1v) is 8.59. The third kappa shape index (κ3) is 4.10. The number of benzene rings is 1. The minimum Gasteiger partial charge on any atom is -0.332 e. The lowest BCUT2D eigenvalue weighted by molar-refractivity contribution is 0.634. The highest BCUT2D eigenvalue weighted by Gasteiger charge is 2.12. The van der Waals surface area contributed by atoms with Crippen molar-refractivity contribution in [2.24, 2.45) is 0 Å². The fourth-order valence-electron chi connectivity index (χ4n) is 2.59. The molecule has 0 spiro atoms. The van der Waals surface area contributed by atoms with Crippen LogP contribution in [0.3, 0.4) is 0 Å². The van der Waals surface area contributed by atoms with Gasteiger partial charge >= 0.3 is 0 Å². The first kappa shape index (κ1) is 17.5.